The number of carbonyl (C=O) groups is 1. The van der Waals surface area contributed by atoms with Crippen LogP contribution >= 0.6 is 0 Å². The SMILES string of the molecule is COc1ccc(N)cc1.COc1ccc2nc(C)ccc2c1.COc1ccc2nc(C=O)ccc2c1. The van der Waals surface area contributed by atoms with E-state index in [0.717, 1.165) is 56.7 Å². The molecule has 0 amide bonds. The third-order valence-electron chi connectivity index (χ3n) is 5.19. The fourth-order valence-electron chi connectivity index (χ4n) is 3.25. The molecule has 0 aliphatic rings. The Labute approximate surface area is 210 Å². The highest BCUT2D eigenvalue weighted by atomic mass is 16.5. The molecule has 0 spiro atoms. The van der Waals surface area contributed by atoms with Crippen LogP contribution in [0.5, 0.6) is 17.2 Å². The van der Waals surface area contributed by atoms with E-state index in [1.807, 2.05) is 67.6 Å². The van der Waals surface area contributed by atoms with Crippen LogP contribution in [0.1, 0.15) is 16.2 Å². The quantitative estimate of drug-likeness (QED) is 0.252. The average Bonchev–Trinajstić information content (AvgIpc) is 2.93. The summed E-state index contributed by atoms with van der Waals surface area (Å²) in [5.41, 5.74) is 9.49. The van der Waals surface area contributed by atoms with Crippen LogP contribution in [0.25, 0.3) is 21.8 Å². The molecule has 3 aromatic carbocycles. The van der Waals surface area contributed by atoms with E-state index < -0.39 is 0 Å². The Morgan fingerprint density at radius 1 is 0.639 bits per heavy atom. The Morgan fingerprint density at radius 2 is 1.14 bits per heavy atom. The highest BCUT2D eigenvalue weighted by Gasteiger charge is 1.99. The summed E-state index contributed by atoms with van der Waals surface area (Å²) in [5, 5.41) is 2.08. The average molecular weight is 484 g/mol. The van der Waals surface area contributed by atoms with Crippen LogP contribution in [0, 0.1) is 6.92 Å². The number of ether oxygens (including phenoxy) is 3. The Kier molecular flexibility index (Phi) is 9.17. The van der Waals surface area contributed by atoms with Gasteiger partial charge in [-0.05, 0) is 79.7 Å². The molecular weight excluding hydrogens is 454 g/mol. The van der Waals surface area contributed by atoms with Crippen molar-refractivity contribution < 1.29 is 19.0 Å². The lowest BCUT2D eigenvalue weighted by molar-refractivity contribution is 0.111. The molecule has 7 heteroatoms. The molecule has 184 valence electrons. The van der Waals surface area contributed by atoms with Crippen molar-refractivity contribution in [3.63, 3.8) is 0 Å². The van der Waals surface area contributed by atoms with Crippen molar-refractivity contribution in [3.8, 4) is 17.2 Å². The van der Waals surface area contributed by atoms with Gasteiger partial charge in [0, 0.05) is 22.2 Å². The summed E-state index contributed by atoms with van der Waals surface area (Å²) >= 11 is 0. The number of pyridine rings is 2. The van der Waals surface area contributed by atoms with Crippen LogP contribution in [0.3, 0.4) is 0 Å². The second kappa shape index (κ2) is 12.7. The van der Waals surface area contributed by atoms with Crippen molar-refractivity contribution >= 4 is 33.8 Å². The zero-order chi connectivity index (χ0) is 25.9. The van der Waals surface area contributed by atoms with E-state index in [4.69, 9.17) is 19.9 Å². The van der Waals surface area contributed by atoms with Crippen molar-refractivity contribution in [1.29, 1.82) is 0 Å². The molecule has 0 fully saturated rings. The van der Waals surface area contributed by atoms with E-state index in [-0.39, 0.29) is 0 Å². The van der Waals surface area contributed by atoms with Gasteiger partial charge in [0.2, 0.25) is 0 Å². The standard InChI is InChI=1S/C11H9NO2.C11H11NO.C7H9NO/c1-14-10-4-5-11-8(6-10)2-3-9(7-13)12-11;1-8-3-4-9-7-10(13-2)5-6-11(9)12-8;1-9-7-4-2-6(8)3-5-7/h2-7H,1H3;3-7H,1-2H3;2-5H,8H2,1H3. The van der Waals surface area contributed by atoms with E-state index in [0.29, 0.717) is 5.69 Å². The topological polar surface area (TPSA) is 96.6 Å². The molecule has 0 radical (unpaired) electrons. The molecule has 2 aromatic heterocycles. The first-order chi connectivity index (χ1) is 17.4. The van der Waals surface area contributed by atoms with Gasteiger partial charge in [-0.1, -0.05) is 12.1 Å². The van der Waals surface area contributed by atoms with Crippen molar-refractivity contribution in [2.75, 3.05) is 27.1 Å². The predicted octanol–water partition coefficient (Wildman–Crippen LogP) is 5.89. The number of hydrogen-bond acceptors (Lipinski definition) is 7. The lowest BCUT2D eigenvalue weighted by atomic mass is 10.2. The monoisotopic (exact) mass is 483 g/mol. The van der Waals surface area contributed by atoms with Gasteiger partial charge in [0.25, 0.3) is 0 Å². The Morgan fingerprint density at radius 3 is 1.67 bits per heavy atom. The maximum atomic E-state index is 10.5. The largest absolute Gasteiger partial charge is 0.497 e. The Bertz CT molecular complexity index is 1440. The van der Waals surface area contributed by atoms with Gasteiger partial charge in [-0.3, -0.25) is 9.78 Å². The summed E-state index contributed by atoms with van der Waals surface area (Å²) in [7, 11) is 4.92. The highest BCUT2D eigenvalue weighted by Crippen LogP contribution is 2.20. The second-order valence-corrected chi connectivity index (χ2v) is 7.70. The molecule has 7 nitrogen and oxygen atoms in total. The summed E-state index contributed by atoms with van der Waals surface area (Å²) in [4.78, 5) is 19.0. The van der Waals surface area contributed by atoms with E-state index in [1.165, 1.54) is 0 Å². The number of nitrogen functional groups attached to an aromatic ring is 1. The number of fused-ring (bicyclic) bond motifs is 2. The number of aromatic nitrogens is 2. The molecule has 0 bridgehead atoms. The number of anilines is 1. The van der Waals surface area contributed by atoms with Crippen LogP contribution < -0.4 is 19.9 Å². The lowest BCUT2D eigenvalue weighted by Crippen LogP contribution is -1.88. The number of aldehydes is 1. The summed E-state index contributed by atoms with van der Waals surface area (Å²) < 4.78 is 15.1. The van der Waals surface area contributed by atoms with Gasteiger partial charge in [0.05, 0.1) is 32.4 Å². The van der Waals surface area contributed by atoms with Gasteiger partial charge in [0.1, 0.15) is 22.9 Å². The third-order valence-corrected chi connectivity index (χ3v) is 5.19. The molecule has 5 aromatic rings. The maximum Gasteiger partial charge on any atom is 0.168 e. The van der Waals surface area contributed by atoms with Crippen molar-refractivity contribution in [2.24, 2.45) is 0 Å². The number of hydrogen-bond donors (Lipinski definition) is 1. The van der Waals surface area contributed by atoms with Crippen LogP contribution in [0.15, 0.2) is 84.9 Å². The molecule has 5 rings (SSSR count). The molecular formula is C29H29N3O4. The van der Waals surface area contributed by atoms with Crippen molar-refractivity contribution in [3.05, 3.63) is 96.3 Å². The maximum absolute atomic E-state index is 10.5. The van der Waals surface area contributed by atoms with Gasteiger partial charge in [-0.2, -0.15) is 0 Å². The molecule has 36 heavy (non-hydrogen) atoms. The first-order valence-electron chi connectivity index (χ1n) is 11.2. The lowest BCUT2D eigenvalue weighted by Gasteiger charge is -2.02. The fraction of sp³-hybridized carbons (Fsp3) is 0.138. The van der Waals surface area contributed by atoms with Crippen molar-refractivity contribution in [1.82, 2.24) is 9.97 Å². The van der Waals surface area contributed by atoms with Gasteiger partial charge >= 0.3 is 0 Å². The molecule has 0 atom stereocenters. The van der Waals surface area contributed by atoms with Gasteiger partial charge in [0.15, 0.2) is 6.29 Å². The zero-order valence-electron chi connectivity index (χ0n) is 20.8. The number of rotatable bonds is 4. The number of nitrogens with zero attached hydrogens (tertiary/aromatic N) is 2. The van der Waals surface area contributed by atoms with E-state index in [1.54, 1.807) is 39.5 Å². The fourth-order valence-corrected chi connectivity index (χ4v) is 3.25. The Hall–Kier alpha value is -4.65. The molecule has 0 aliphatic carbocycles. The minimum Gasteiger partial charge on any atom is -0.497 e. The van der Waals surface area contributed by atoms with Gasteiger partial charge in [-0.25, -0.2) is 4.98 Å². The van der Waals surface area contributed by atoms with Crippen molar-refractivity contribution in [2.45, 2.75) is 6.92 Å². The van der Waals surface area contributed by atoms with Crippen LogP contribution in [-0.4, -0.2) is 37.6 Å². The molecule has 2 N–H and O–H groups in total. The van der Waals surface area contributed by atoms with Crippen LogP contribution in [0.2, 0.25) is 0 Å². The number of aryl methyl sites for hydroxylation is 1. The first kappa shape index (κ1) is 26.0. The second-order valence-electron chi connectivity index (χ2n) is 7.70. The zero-order valence-corrected chi connectivity index (χ0v) is 20.8. The first-order valence-corrected chi connectivity index (χ1v) is 11.2. The minimum absolute atomic E-state index is 0.447. The number of benzene rings is 3. The molecule has 0 saturated carbocycles. The predicted molar refractivity (Wildman–Crippen MR) is 144 cm³/mol. The molecule has 0 unspecified atom stereocenters. The highest BCUT2D eigenvalue weighted by molar-refractivity contribution is 5.84. The smallest absolute Gasteiger partial charge is 0.168 e. The Balaban J connectivity index is 0.000000154. The molecule has 2 heterocycles. The van der Waals surface area contributed by atoms with E-state index in [2.05, 4.69) is 16.0 Å². The molecule has 0 saturated heterocycles. The minimum atomic E-state index is 0.447. The van der Waals surface area contributed by atoms with Gasteiger partial charge in [-0.15, -0.1) is 0 Å². The van der Waals surface area contributed by atoms with Crippen LogP contribution in [0.4, 0.5) is 5.69 Å². The molecule has 0 aliphatic heterocycles. The summed E-state index contributed by atoms with van der Waals surface area (Å²) in [5.74, 6) is 2.50. The summed E-state index contributed by atoms with van der Waals surface area (Å²) in [6, 6.07) is 26.3. The summed E-state index contributed by atoms with van der Waals surface area (Å²) in [6.07, 6.45) is 0.740. The number of methoxy groups -OCH3 is 3. The van der Waals surface area contributed by atoms with Gasteiger partial charge < -0.3 is 19.9 Å². The third kappa shape index (κ3) is 7.17. The number of carbonyl (C=O) groups excluding carboxylic acids is 1. The van der Waals surface area contributed by atoms with Crippen LogP contribution in [-0.2, 0) is 0 Å². The number of nitrogens with two attached hydrogens (primary N) is 1. The normalized spacial score (nSPS) is 9.89. The van der Waals surface area contributed by atoms with E-state index in [9.17, 15) is 4.79 Å². The summed E-state index contributed by atoms with van der Waals surface area (Å²) in [6.45, 7) is 1.99. The van der Waals surface area contributed by atoms with E-state index >= 15 is 0 Å².